The van der Waals surface area contributed by atoms with Crippen molar-refractivity contribution in [1.29, 1.82) is 0 Å². The van der Waals surface area contributed by atoms with Crippen molar-refractivity contribution in [3.05, 3.63) is 12.2 Å². The van der Waals surface area contributed by atoms with Crippen molar-refractivity contribution < 1.29 is 34.3 Å². The van der Waals surface area contributed by atoms with Crippen molar-refractivity contribution in [2.45, 2.75) is 19.3 Å². The second-order valence-corrected chi connectivity index (χ2v) is 3.90. The molecule has 0 aromatic heterocycles. The number of amides is 4. The Labute approximate surface area is 113 Å². The fourth-order valence-electron chi connectivity index (χ4n) is 1.42. The van der Waals surface area contributed by atoms with E-state index >= 15 is 0 Å². The van der Waals surface area contributed by atoms with Gasteiger partial charge in [-0.3, -0.25) is 34.1 Å². The van der Waals surface area contributed by atoms with Crippen LogP contribution in [0.3, 0.4) is 0 Å². The Hall–Kier alpha value is -2.55. The molecule has 0 bridgehead atoms. The molecule has 0 aromatic carbocycles. The molecule has 2 aliphatic heterocycles. The maximum absolute atomic E-state index is 10.8. The minimum atomic E-state index is -1.03. The number of carboxylic acids is 1. The summed E-state index contributed by atoms with van der Waals surface area (Å²) in [5.41, 5.74) is 0. The molecule has 2 heterocycles. The van der Waals surface area contributed by atoms with Gasteiger partial charge >= 0.3 is 5.97 Å². The first kappa shape index (κ1) is 15.5. The van der Waals surface area contributed by atoms with E-state index in [1.807, 2.05) is 0 Å². The smallest absolute Gasteiger partial charge is 0.305 e. The van der Waals surface area contributed by atoms with Gasteiger partial charge in [0.2, 0.25) is 0 Å². The average Bonchev–Trinajstić information content (AvgIpc) is 2.85. The molecular weight excluding hydrogens is 272 g/mol. The Bertz CT molecular complexity index is 463. The fraction of sp³-hybridized carbons (Fsp3) is 0.364. The molecule has 1 fully saturated rings. The standard InChI is InChI=1S/C7H7NO4.C4H5NO3/c9-5-1-2-6(10)8(5)4-3-7(11)12;6-3-1-2-4(7)5(3)8/h1-2H,3-4H2,(H,11,12);8H,1-2H2. The summed E-state index contributed by atoms with van der Waals surface area (Å²) < 4.78 is 0. The van der Waals surface area contributed by atoms with E-state index in [0.29, 0.717) is 0 Å². The summed E-state index contributed by atoms with van der Waals surface area (Å²) in [6, 6.07) is 0. The van der Waals surface area contributed by atoms with E-state index in [9.17, 15) is 24.0 Å². The topological polar surface area (TPSA) is 132 Å². The van der Waals surface area contributed by atoms with Gasteiger partial charge in [0.05, 0.1) is 6.42 Å². The van der Waals surface area contributed by atoms with Crippen molar-refractivity contribution in [2.75, 3.05) is 6.54 Å². The number of rotatable bonds is 3. The number of hydroxylamine groups is 2. The molecule has 0 aliphatic carbocycles. The summed E-state index contributed by atoms with van der Waals surface area (Å²) in [6.45, 7) is -0.0556. The number of imide groups is 2. The molecule has 0 aromatic rings. The molecule has 4 amide bonds. The molecule has 9 heteroatoms. The highest BCUT2D eigenvalue weighted by atomic mass is 16.5. The molecule has 9 nitrogen and oxygen atoms in total. The average molecular weight is 284 g/mol. The highest BCUT2D eigenvalue weighted by molar-refractivity contribution is 6.12. The van der Waals surface area contributed by atoms with Crippen LogP contribution in [0.1, 0.15) is 19.3 Å². The molecular formula is C11H12N2O7. The summed E-state index contributed by atoms with van der Waals surface area (Å²) in [5.74, 6) is -2.92. The van der Waals surface area contributed by atoms with Crippen LogP contribution in [0.4, 0.5) is 0 Å². The largest absolute Gasteiger partial charge is 0.481 e. The quantitative estimate of drug-likeness (QED) is 0.497. The second kappa shape index (κ2) is 6.57. The zero-order valence-electron chi connectivity index (χ0n) is 10.3. The molecule has 2 rings (SSSR count). The third-order valence-electron chi connectivity index (χ3n) is 2.48. The number of hydrogen-bond donors (Lipinski definition) is 2. The molecule has 0 spiro atoms. The number of carboxylic acid groups (broad SMARTS) is 1. The van der Waals surface area contributed by atoms with Crippen molar-refractivity contribution in [3.8, 4) is 0 Å². The van der Waals surface area contributed by atoms with Crippen LogP contribution < -0.4 is 0 Å². The van der Waals surface area contributed by atoms with Gasteiger partial charge in [-0.2, -0.15) is 5.06 Å². The fourth-order valence-corrected chi connectivity index (χ4v) is 1.42. The van der Waals surface area contributed by atoms with Gasteiger partial charge in [-0.05, 0) is 0 Å². The summed E-state index contributed by atoms with van der Waals surface area (Å²) in [5, 5.41) is 16.8. The van der Waals surface area contributed by atoms with Gasteiger partial charge in [0.25, 0.3) is 23.6 Å². The number of hydrogen-bond acceptors (Lipinski definition) is 6. The molecule has 0 saturated carbocycles. The Morgan fingerprint density at radius 2 is 1.50 bits per heavy atom. The van der Waals surface area contributed by atoms with Crippen LogP contribution in [0.25, 0.3) is 0 Å². The summed E-state index contributed by atoms with van der Waals surface area (Å²) >= 11 is 0. The van der Waals surface area contributed by atoms with E-state index in [0.717, 1.165) is 17.1 Å². The minimum Gasteiger partial charge on any atom is -0.481 e. The maximum atomic E-state index is 10.8. The van der Waals surface area contributed by atoms with Gasteiger partial charge in [-0.1, -0.05) is 0 Å². The molecule has 108 valence electrons. The maximum Gasteiger partial charge on any atom is 0.305 e. The van der Waals surface area contributed by atoms with Gasteiger partial charge in [0.15, 0.2) is 0 Å². The van der Waals surface area contributed by atoms with Gasteiger partial charge < -0.3 is 5.11 Å². The lowest BCUT2D eigenvalue weighted by Crippen LogP contribution is -2.31. The first-order valence-electron chi connectivity index (χ1n) is 5.63. The van der Waals surface area contributed by atoms with E-state index in [4.69, 9.17) is 10.3 Å². The van der Waals surface area contributed by atoms with Gasteiger partial charge in [0, 0.05) is 31.5 Å². The minimum absolute atomic E-state index is 0.0556. The lowest BCUT2D eigenvalue weighted by Gasteiger charge is -2.10. The van der Waals surface area contributed by atoms with Crippen LogP contribution in [0.5, 0.6) is 0 Å². The van der Waals surface area contributed by atoms with Crippen LogP contribution in [0.15, 0.2) is 12.2 Å². The van der Waals surface area contributed by atoms with Crippen molar-refractivity contribution in [1.82, 2.24) is 9.96 Å². The summed E-state index contributed by atoms with van der Waals surface area (Å²) in [6.07, 6.45) is 2.35. The van der Waals surface area contributed by atoms with Gasteiger partial charge in [-0.25, -0.2) is 0 Å². The number of carbonyl (C=O) groups is 5. The number of nitrogens with zero attached hydrogens (tertiary/aromatic N) is 2. The zero-order chi connectivity index (χ0) is 15.3. The highest BCUT2D eigenvalue weighted by Gasteiger charge is 2.26. The number of carbonyl (C=O) groups excluding carboxylic acids is 4. The monoisotopic (exact) mass is 284 g/mol. The predicted molar refractivity (Wildman–Crippen MR) is 61.0 cm³/mol. The van der Waals surface area contributed by atoms with Crippen molar-refractivity contribution in [2.24, 2.45) is 0 Å². The van der Waals surface area contributed by atoms with Gasteiger partial charge in [0.1, 0.15) is 0 Å². The normalized spacial score (nSPS) is 17.6. The van der Waals surface area contributed by atoms with Crippen molar-refractivity contribution in [3.63, 3.8) is 0 Å². The summed E-state index contributed by atoms with van der Waals surface area (Å²) in [4.78, 5) is 53.1. The van der Waals surface area contributed by atoms with E-state index in [1.54, 1.807) is 0 Å². The second-order valence-electron chi connectivity index (χ2n) is 3.90. The molecule has 0 radical (unpaired) electrons. The lowest BCUT2D eigenvalue weighted by molar-refractivity contribution is -0.171. The zero-order valence-corrected chi connectivity index (χ0v) is 10.3. The highest BCUT2D eigenvalue weighted by Crippen LogP contribution is 2.07. The van der Waals surface area contributed by atoms with E-state index < -0.39 is 29.6 Å². The van der Waals surface area contributed by atoms with Crippen molar-refractivity contribution >= 4 is 29.6 Å². The van der Waals surface area contributed by atoms with Crippen LogP contribution >= 0.6 is 0 Å². The third kappa shape index (κ3) is 3.99. The number of aliphatic carboxylic acids is 1. The Balaban J connectivity index is 0.000000217. The van der Waals surface area contributed by atoms with Crippen LogP contribution in [-0.2, 0) is 24.0 Å². The van der Waals surface area contributed by atoms with Crippen LogP contribution in [0, 0.1) is 0 Å². The van der Waals surface area contributed by atoms with Gasteiger partial charge in [-0.15, -0.1) is 0 Å². The molecule has 20 heavy (non-hydrogen) atoms. The molecule has 1 saturated heterocycles. The first-order valence-corrected chi connectivity index (χ1v) is 5.63. The molecule has 0 atom stereocenters. The van der Waals surface area contributed by atoms with E-state index in [2.05, 4.69) is 0 Å². The van der Waals surface area contributed by atoms with E-state index in [1.165, 1.54) is 0 Å². The first-order chi connectivity index (χ1) is 9.32. The van der Waals surface area contributed by atoms with Crippen LogP contribution in [-0.4, -0.2) is 56.4 Å². The molecule has 0 unspecified atom stereocenters. The third-order valence-corrected chi connectivity index (χ3v) is 2.48. The SMILES string of the molecule is O=C(O)CCN1C(=O)C=CC1=O.O=C1CCC(=O)N1O. The molecule has 2 aliphatic rings. The Morgan fingerprint density at radius 1 is 1.05 bits per heavy atom. The lowest BCUT2D eigenvalue weighted by atomic mass is 10.4. The summed E-state index contributed by atoms with van der Waals surface area (Å²) in [7, 11) is 0. The molecule has 2 N–H and O–H groups in total. The Morgan fingerprint density at radius 3 is 1.80 bits per heavy atom. The van der Waals surface area contributed by atoms with E-state index in [-0.39, 0.29) is 30.9 Å². The Kier molecular flexibility index (Phi) is 5.09. The predicted octanol–water partition coefficient (Wildman–Crippen LogP) is -1.09. The van der Waals surface area contributed by atoms with Crippen LogP contribution in [0.2, 0.25) is 0 Å².